The van der Waals surface area contributed by atoms with Crippen LogP contribution in [-0.2, 0) is 4.74 Å². The summed E-state index contributed by atoms with van der Waals surface area (Å²) >= 11 is 1.69. The van der Waals surface area contributed by atoms with E-state index in [2.05, 4.69) is 25.5 Å². The number of hydrogen-bond donors (Lipinski definition) is 1. The number of carbonyl (C=O) groups is 1. The first-order valence-electron chi connectivity index (χ1n) is 9.51. The number of nitrogens with zero attached hydrogens (tertiary/aromatic N) is 3. The summed E-state index contributed by atoms with van der Waals surface area (Å²) in [5.74, 6) is 0.586. The van der Waals surface area contributed by atoms with Gasteiger partial charge < -0.3 is 19.9 Å². The molecule has 4 aliphatic heterocycles. The van der Waals surface area contributed by atoms with Crippen molar-refractivity contribution in [3.8, 4) is 0 Å². The second kappa shape index (κ2) is 6.79. The summed E-state index contributed by atoms with van der Waals surface area (Å²) in [4.78, 5) is 22.1. The van der Waals surface area contributed by atoms with Crippen LogP contribution < -0.4 is 10.2 Å². The average Bonchev–Trinajstić information content (AvgIpc) is 3.13. The Kier molecular flexibility index (Phi) is 4.30. The van der Waals surface area contributed by atoms with E-state index in [1.807, 2.05) is 12.3 Å². The molecule has 26 heavy (non-hydrogen) atoms. The molecular formula is C19H24N4O2S. The van der Waals surface area contributed by atoms with Gasteiger partial charge in [0, 0.05) is 42.6 Å². The van der Waals surface area contributed by atoms with Crippen LogP contribution in [0.5, 0.6) is 0 Å². The summed E-state index contributed by atoms with van der Waals surface area (Å²) in [5, 5.41) is 6.55. The largest absolute Gasteiger partial charge is 0.378 e. The normalized spacial score (nSPS) is 28.5. The third kappa shape index (κ3) is 2.98. The Bertz CT molecular complexity index is 809. The number of piperidine rings is 3. The molecule has 2 aromatic rings. The number of pyridine rings is 1. The van der Waals surface area contributed by atoms with Crippen LogP contribution in [0.4, 0.5) is 5.69 Å². The fourth-order valence-electron chi connectivity index (χ4n) is 4.46. The highest BCUT2D eigenvalue weighted by atomic mass is 32.1. The monoisotopic (exact) mass is 372 g/mol. The van der Waals surface area contributed by atoms with Gasteiger partial charge >= 0.3 is 0 Å². The number of hydrogen-bond acceptors (Lipinski definition) is 6. The van der Waals surface area contributed by atoms with Crippen LogP contribution in [0.2, 0.25) is 0 Å². The maximum absolute atomic E-state index is 12.8. The molecule has 0 spiro atoms. The number of anilines is 1. The number of nitrogens with one attached hydrogen (secondary N) is 1. The lowest BCUT2D eigenvalue weighted by atomic mass is 9.84. The molecule has 0 radical (unpaired) electrons. The van der Waals surface area contributed by atoms with Crippen molar-refractivity contribution in [3.05, 3.63) is 23.3 Å². The molecule has 4 aliphatic rings. The second-order valence-electron chi connectivity index (χ2n) is 7.50. The molecule has 6 rings (SSSR count). The minimum Gasteiger partial charge on any atom is -0.378 e. The molecular weight excluding hydrogens is 348 g/mol. The Morgan fingerprint density at radius 1 is 1.23 bits per heavy atom. The number of fused-ring (bicyclic) bond motifs is 4. The maximum Gasteiger partial charge on any atom is 0.270 e. The molecule has 1 N–H and O–H groups in total. The van der Waals surface area contributed by atoms with Gasteiger partial charge in [0.2, 0.25) is 0 Å². The summed E-state index contributed by atoms with van der Waals surface area (Å²) in [6.07, 6.45) is 4.24. The summed E-state index contributed by atoms with van der Waals surface area (Å²) in [5.41, 5.74) is 1.73. The van der Waals surface area contributed by atoms with Gasteiger partial charge in [0.05, 0.1) is 23.6 Å². The Morgan fingerprint density at radius 2 is 2.04 bits per heavy atom. The third-order valence-electron chi connectivity index (χ3n) is 6.00. The Morgan fingerprint density at radius 3 is 2.77 bits per heavy atom. The first-order chi connectivity index (χ1) is 12.8. The average molecular weight is 372 g/mol. The highest BCUT2D eigenvalue weighted by Crippen LogP contribution is 2.33. The molecule has 1 atom stereocenters. The predicted octanol–water partition coefficient (Wildman–Crippen LogP) is 1.96. The minimum atomic E-state index is -0.0372. The number of morpholine rings is 1. The van der Waals surface area contributed by atoms with Crippen LogP contribution in [0, 0.1) is 5.92 Å². The highest BCUT2D eigenvalue weighted by molar-refractivity contribution is 7.17. The smallest absolute Gasteiger partial charge is 0.270 e. The van der Waals surface area contributed by atoms with E-state index >= 15 is 0 Å². The number of thiophene rings is 1. The zero-order valence-corrected chi connectivity index (χ0v) is 15.6. The van der Waals surface area contributed by atoms with Crippen molar-refractivity contribution < 1.29 is 9.53 Å². The van der Waals surface area contributed by atoms with E-state index in [4.69, 9.17) is 4.74 Å². The Balaban J connectivity index is 1.37. The Labute approximate surface area is 157 Å². The van der Waals surface area contributed by atoms with Crippen molar-refractivity contribution in [2.24, 2.45) is 5.92 Å². The molecule has 6 heterocycles. The lowest BCUT2D eigenvalue weighted by molar-refractivity contribution is 0.0618. The van der Waals surface area contributed by atoms with Crippen LogP contribution in [-0.4, -0.2) is 67.8 Å². The van der Waals surface area contributed by atoms with Crippen molar-refractivity contribution in [2.75, 3.05) is 50.8 Å². The molecule has 0 saturated carbocycles. The summed E-state index contributed by atoms with van der Waals surface area (Å²) in [6.45, 7) is 6.66. The van der Waals surface area contributed by atoms with Gasteiger partial charge in [0.15, 0.2) is 0 Å². The first kappa shape index (κ1) is 16.5. The quantitative estimate of drug-likeness (QED) is 0.893. The minimum absolute atomic E-state index is 0.0372. The topological polar surface area (TPSA) is 57.7 Å². The number of ether oxygens (including phenoxy) is 1. The van der Waals surface area contributed by atoms with E-state index in [0.29, 0.717) is 11.6 Å². The van der Waals surface area contributed by atoms with Crippen molar-refractivity contribution in [1.82, 2.24) is 15.2 Å². The van der Waals surface area contributed by atoms with E-state index in [1.54, 1.807) is 11.3 Å². The van der Waals surface area contributed by atoms with E-state index in [9.17, 15) is 4.79 Å². The molecule has 0 aliphatic carbocycles. The molecule has 1 amide bonds. The fourth-order valence-corrected chi connectivity index (χ4v) is 5.38. The van der Waals surface area contributed by atoms with Gasteiger partial charge in [-0.1, -0.05) is 0 Å². The zero-order valence-electron chi connectivity index (χ0n) is 14.8. The number of amides is 1. The van der Waals surface area contributed by atoms with Gasteiger partial charge in [0.25, 0.3) is 5.91 Å². The van der Waals surface area contributed by atoms with Crippen molar-refractivity contribution >= 4 is 33.0 Å². The van der Waals surface area contributed by atoms with Crippen molar-refractivity contribution in [2.45, 2.75) is 18.9 Å². The SMILES string of the molecule is O=C(NC1CN2CCC1CC2)c1cc2c(N3CCOCC3)csc2cn1. The molecule has 6 nitrogen and oxygen atoms in total. The van der Waals surface area contributed by atoms with Crippen LogP contribution in [0.3, 0.4) is 0 Å². The Hall–Kier alpha value is -1.70. The number of rotatable bonds is 3. The molecule has 0 aromatic carbocycles. The summed E-state index contributed by atoms with van der Waals surface area (Å²) in [6, 6.07) is 2.23. The molecule has 4 saturated heterocycles. The van der Waals surface area contributed by atoms with Gasteiger partial charge in [-0.05, 0) is 37.9 Å². The van der Waals surface area contributed by atoms with Gasteiger partial charge in [-0.2, -0.15) is 0 Å². The van der Waals surface area contributed by atoms with Gasteiger partial charge in [-0.15, -0.1) is 11.3 Å². The van der Waals surface area contributed by atoms with Gasteiger partial charge in [-0.25, -0.2) is 4.98 Å². The van der Waals surface area contributed by atoms with Crippen LogP contribution in [0.1, 0.15) is 23.3 Å². The van der Waals surface area contributed by atoms with Crippen LogP contribution in [0.25, 0.3) is 10.1 Å². The van der Waals surface area contributed by atoms with E-state index in [-0.39, 0.29) is 11.9 Å². The lowest BCUT2D eigenvalue weighted by Gasteiger charge is -2.44. The van der Waals surface area contributed by atoms with Gasteiger partial charge in [-0.3, -0.25) is 4.79 Å². The van der Waals surface area contributed by atoms with Crippen molar-refractivity contribution in [3.63, 3.8) is 0 Å². The van der Waals surface area contributed by atoms with Gasteiger partial charge in [0.1, 0.15) is 5.69 Å². The molecule has 2 bridgehead atoms. The molecule has 7 heteroatoms. The highest BCUT2D eigenvalue weighted by Gasteiger charge is 2.35. The van der Waals surface area contributed by atoms with E-state index in [1.165, 1.54) is 31.6 Å². The summed E-state index contributed by atoms with van der Waals surface area (Å²) < 4.78 is 6.59. The fraction of sp³-hybridized carbons (Fsp3) is 0.579. The molecule has 138 valence electrons. The lowest BCUT2D eigenvalue weighted by Crippen LogP contribution is -2.57. The molecule has 2 aromatic heterocycles. The molecule has 4 fully saturated rings. The van der Waals surface area contributed by atoms with Crippen LogP contribution >= 0.6 is 11.3 Å². The van der Waals surface area contributed by atoms with E-state index in [0.717, 1.165) is 42.9 Å². The maximum atomic E-state index is 12.8. The zero-order chi connectivity index (χ0) is 17.5. The molecule has 1 unspecified atom stereocenters. The van der Waals surface area contributed by atoms with Crippen LogP contribution in [0.15, 0.2) is 17.6 Å². The van der Waals surface area contributed by atoms with E-state index < -0.39 is 0 Å². The summed E-state index contributed by atoms with van der Waals surface area (Å²) in [7, 11) is 0. The number of carbonyl (C=O) groups excluding carboxylic acids is 1. The first-order valence-corrected chi connectivity index (χ1v) is 10.4. The van der Waals surface area contributed by atoms with Crippen molar-refractivity contribution in [1.29, 1.82) is 0 Å². The standard InChI is InChI=1S/C19H24N4O2S/c24-19(21-16-11-22-3-1-13(16)2-4-22)15-9-14-17(12-26-18(14)10-20-15)23-5-7-25-8-6-23/h9-10,12-13,16H,1-8,11H2,(H,21,24). The number of aromatic nitrogens is 1. The predicted molar refractivity (Wildman–Crippen MR) is 103 cm³/mol. The second-order valence-corrected chi connectivity index (χ2v) is 8.42. The third-order valence-corrected chi connectivity index (χ3v) is 6.92.